The average molecular weight is 256 g/mol. The molecule has 1 saturated heterocycles. The normalized spacial score (nSPS) is 21.1. The van der Waals surface area contributed by atoms with E-state index in [9.17, 15) is 9.59 Å². The minimum absolute atomic E-state index is 0.0592. The number of aliphatic carboxylic acids is 1. The van der Waals surface area contributed by atoms with Gasteiger partial charge in [-0.3, -0.25) is 4.79 Å². The predicted molar refractivity (Wildman–Crippen MR) is 69.4 cm³/mol. The Morgan fingerprint density at radius 3 is 2.61 bits per heavy atom. The Hall–Kier alpha value is -1.26. The molecule has 1 fully saturated rings. The van der Waals surface area contributed by atoms with Gasteiger partial charge in [0.2, 0.25) is 0 Å². The summed E-state index contributed by atoms with van der Waals surface area (Å²) in [5.74, 6) is -0.122. The third-order valence-electron chi connectivity index (χ3n) is 3.23. The number of carboxylic acids is 1. The van der Waals surface area contributed by atoms with Gasteiger partial charge in [-0.05, 0) is 31.6 Å². The van der Waals surface area contributed by atoms with Crippen molar-refractivity contribution in [1.82, 2.24) is 10.2 Å². The fourth-order valence-electron chi connectivity index (χ4n) is 2.50. The highest BCUT2D eigenvalue weighted by Crippen LogP contribution is 2.19. The summed E-state index contributed by atoms with van der Waals surface area (Å²) in [5.41, 5.74) is 0. The minimum atomic E-state index is -0.782. The summed E-state index contributed by atoms with van der Waals surface area (Å²) < 4.78 is 0. The van der Waals surface area contributed by atoms with Crippen LogP contribution in [0, 0.1) is 11.8 Å². The van der Waals surface area contributed by atoms with Crippen molar-refractivity contribution in [2.24, 2.45) is 11.8 Å². The largest absolute Gasteiger partial charge is 0.481 e. The second-order valence-electron chi connectivity index (χ2n) is 5.68. The van der Waals surface area contributed by atoms with Crippen LogP contribution in [0.4, 0.5) is 4.79 Å². The van der Waals surface area contributed by atoms with E-state index < -0.39 is 5.97 Å². The molecular formula is C13H24N2O3. The summed E-state index contributed by atoms with van der Waals surface area (Å²) in [6.45, 7) is 7.48. The molecule has 2 atom stereocenters. The van der Waals surface area contributed by atoms with Gasteiger partial charge in [-0.2, -0.15) is 0 Å². The molecule has 0 saturated carbocycles. The van der Waals surface area contributed by atoms with Crippen LogP contribution in [0.2, 0.25) is 0 Å². The molecule has 5 nitrogen and oxygen atoms in total. The SMILES string of the molecule is CC(C)CC(C)NC(=O)N1CCC(CC(=O)O)C1. The lowest BCUT2D eigenvalue weighted by atomic mass is 10.1. The van der Waals surface area contributed by atoms with Crippen LogP contribution >= 0.6 is 0 Å². The first-order valence-electron chi connectivity index (χ1n) is 6.65. The molecule has 0 radical (unpaired) electrons. The molecule has 0 aromatic heterocycles. The van der Waals surface area contributed by atoms with Crippen LogP contribution in [0.15, 0.2) is 0 Å². The van der Waals surface area contributed by atoms with E-state index in [4.69, 9.17) is 5.11 Å². The Morgan fingerprint density at radius 2 is 2.06 bits per heavy atom. The number of urea groups is 1. The van der Waals surface area contributed by atoms with Gasteiger partial charge in [0.05, 0.1) is 0 Å². The quantitative estimate of drug-likeness (QED) is 0.789. The van der Waals surface area contributed by atoms with Crippen molar-refractivity contribution >= 4 is 12.0 Å². The molecule has 1 rings (SSSR count). The fraction of sp³-hybridized carbons (Fsp3) is 0.846. The molecule has 1 aliphatic rings. The molecule has 0 aromatic carbocycles. The third-order valence-corrected chi connectivity index (χ3v) is 3.23. The number of carboxylic acid groups (broad SMARTS) is 1. The molecular weight excluding hydrogens is 232 g/mol. The maximum absolute atomic E-state index is 11.9. The number of likely N-dealkylation sites (tertiary alicyclic amines) is 1. The standard InChI is InChI=1S/C13H24N2O3/c1-9(2)6-10(3)14-13(18)15-5-4-11(8-15)7-12(16)17/h9-11H,4-8H2,1-3H3,(H,14,18)(H,16,17). The van der Waals surface area contributed by atoms with Gasteiger partial charge in [-0.25, -0.2) is 4.79 Å². The molecule has 5 heteroatoms. The van der Waals surface area contributed by atoms with Gasteiger partial charge in [0.25, 0.3) is 0 Å². The Kier molecular flexibility index (Phi) is 5.44. The minimum Gasteiger partial charge on any atom is -0.481 e. The molecule has 0 aromatic rings. The molecule has 1 aliphatic heterocycles. The van der Waals surface area contributed by atoms with Gasteiger partial charge in [0.15, 0.2) is 0 Å². The lowest BCUT2D eigenvalue weighted by molar-refractivity contribution is -0.138. The van der Waals surface area contributed by atoms with Gasteiger partial charge in [-0.15, -0.1) is 0 Å². The van der Waals surface area contributed by atoms with Crippen molar-refractivity contribution in [2.45, 2.75) is 46.1 Å². The average Bonchev–Trinajstić information content (AvgIpc) is 2.63. The van der Waals surface area contributed by atoms with E-state index in [1.165, 1.54) is 0 Å². The number of amides is 2. The van der Waals surface area contributed by atoms with Gasteiger partial charge < -0.3 is 15.3 Å². The van der Waals surface area contributed by atoms with E-state index in [0.717, 1.165) is 12.8 Å². The summed E-state index contributed by atoms with van der Waals surface area (Å²) in [4.78, 5) is 24.3. The van der Waals surface area contributed by atoms with Crippen molar-refractivity contribution in [2.75, 3.05) is 13.1 Å². The maximum Gasteiger partial charge on any atom is 0.317 e. The summed E-state index contributed by atoms with van der Waals surface area (Å²) in [7, 11) is 0. The van der Waals surface area contributed by atoms with Crippen LogP contribution in [0.1, 0.15) is 40.0 Å². The highest BCUT2D eigenvalue weighted by molar-refractivity contribution is 5.75. The summed E-state index contributed by atoms with van der Waals surface area (Å²) >= 11 is 0. The van der Waals surface area contributed by atoms with Crippen LogP contribution < -0.4 is 5.32 Å². The van der Waals surface area contributed by atoms with Gasteiger partial charge in [0.1, 0.15) is 0 Å². The lowest BCUT2D eigenvalue weighted by Gasteiger charge is -2.22. The number of nitrogens with zero attached hydrogens (tertiary/aromatic N) is 1. The molecule has 0 spiro atoms. The number of carbonyl (C=O) groups excluding carboxylic acids is 1. The molecule has 2 N–H and O–H groups in total. The van der Waals surface area contributed by atoms with E-state index in [1.54, 1.807) is 4.90 Å². The molecule has 104 valence electrons. The van der Waals surface area contributed by atoms with Gasteiger partial charge in [-0.1, -0.05) is 13.8 Å². The van der Waals surface area contributed by atoms with E-state index in [2.05, 4.69) is 19.2 Å². The highest BCUT2D eigenvalue weighted by Gasteiger charge is 2.28. The molecule has 18 heavy (non-hydrogen) atoms. The van der Waals surface area contributed by atoms with Crippen molar-refractivity contribution in [1.29, 1.82) is 0 Å². The first-order valence-corrected chi connectivity index (χ1v) is 6.65. The number of nitrogens with one attached hydrogen (secondary N) is 1. The van der Waals surface area contributed by atoms with Crippen molar-refractivity contribution in [3.63, 3.8) is 0 Å². The number of hydrogen-bond donors (Lipinski definition) is 2. The molecule has 2 unspecified atom stereocenters. The Morgan fingerprint density at radius 1 is 1.39 bits per heavy atom. The van der Waals surface area contributed by atoms with Gasteiger partial charge in [0, 0.05) is 25.6 Å². The van der Waals surface area contributed by atoms with E-state index in [-0.39, 0.29) is 24.4 Å². The Bertz CT molecular complexity index is 305. The van der Waals surface area contributed by atoms with Crippen LogP contribution in [-0.2, 0) is 4.79 Å². The Balaban J connectivity index is 2.33. The topological polar surface area (TPSA) is 69.6 Å². The predicted octanol–water partition coefficient (Wildman–Crippen LogP) is 1.93. The lowest BCUT2D eigenvalue weighted by Crippen LogP contribution is -2.43. The molecule has 0 bridgehead atoms. The van der Waals surface area contributed by atoms with E-state index >= 15 is 0 Å². The zero-order valence-electron chi connectivity index (χ0n) is 11.5. The molecule has 2 amide bonds. The van der Waals surface area contributed by atoms with E-state index in [0.29, 0.717) is 19.0 Å². The highest BCUT2D eigenvalue weighted by atomic mass is 16.4. The maximum atomic E-state index is 11.9. The van der Waals surface area contributed by atoms with E-state index in [1.807, 2.05) is 6.92 Å². The second-order valence-corrected chi connectivity index (χ2v) is 5.68. The van der Waals surface area contributed by atoms with Crippen LogP contribution in [-0.4, -0.2) is 41.1 Å². The smallest absolute Gasteiger partial charge is 0.317 e. The second kappa shape index (κ2) is 6.61. The van der Waals surface area contributed by atoms with Crippen molar-refractivity contribution in [3.8, 4) is 0 Å². The first-order chi connectivity index (χ1) is 8.38. The number of rotatable bonds is 5. The number of carbonyl (C=O) groups is 2. The van der Waals surface area contributed by atoms with Crippen LogP contribution in [0.5, 0.6) is 0 Å². The zero-order chi connectivity index (χ0) is 13.7. The van der Waals surface area contributed by atoms with Gasteiger partial charge >= 0.3 is 12.0 Å². The Labute approximate surface area is 109 Å². The monoisotopic (exact) mass is 256 g/mol. The summed E-state index contributed by atoms with van der Waals surface area (Å²) in [6, 6.07) is 0.104. The fourth-order valence-corrected chi connectivity index (χ4v) is 2.50. The molecule has 1 heterocycles. The third kappa shape index (κ3) is 4.94. The zero-order valence-corrected chi connectivity index (χ0v) is 11.5. The molecule has 0 aliphatic carbocycles. The van der Waals surface area contributed by atoms with Crippen LogP contribution in [0.25, 0.3) is 0 Å². The van der Waals surface area contributed by atoms with Crippen molar-refractivity contribution < 1.29 is 14.7 Å². The summed E-state index contributed by atoms with van der Waals surface area (Å²) in [5, 5.41) is 11.7. The van der Waals surface area contributed by atoms with Crippen LogP contribution in [0.3, 0.4) is 0 Å². The van der Waals surface area contributed by atoms with Crippen molar-refractivity contribution in [3.05, 3.63) is 0 Å². The summed E-state index contributed by atoms with van der Waals surface area (Å²) in [6.07, 6.45) is 1.90. The first kappa shape index (κ1) is 14.8. The number of hydrogen-bond acceptors (Lipinski definition) is 2.